The summed E-state index contributed by atoms with van der Waals surface area (Å²) in [5.74, 6) is 7.26. The van der Waals surface area contributed by atoms with Crippen molar-refractivity contribution in [1.29, 1.82) is 0 Å². The maximum Gasteiger partial charge on any atom is 0.208 e. The molecule has 0 amide bonds. The van der Waals surface area contributed by atoms with Crippen molar-refractivity contribution in [3.05, 3.63) is 403 Å². The number of fused-ring (bicyclic) bond motifs is 34. The van der Waals surface area contributed by atoms with Gasteiger partial charge in [-0.3, -0.25) is 13.7 Å². The van der Waals surface area contributed by atoms with Crippen LogP contribution in [-0.2, 0) is 63.2 Å². The molecule has 0 bridgehead atoms. The first-order valence-electron chi connectivity index (χ1n) is 47.6. The second kappa shape index (κ2) is 34.8. The molecule has 30 aromatic rings. The second-order valence-corrected chi connectivity index (χ2v) is 36.5. The summed E-state index contributed by atoms with van der Waals surface area (Å²) < 4.78 is 71.1. The van der Waals surface area contributed by atoms with Gasteiger partial charge in [0.05, 0.1) is 67.1 Å². The van der Waals surface area contributed by atoms with Crippen LogP contribution < -0.4 is 28.9 Å². The van der Waals surface area contributed by atoms with Crippen LogP contribution in [0.4, 0.5) is 17.1 Å². The Balaban J connectivity index is 0.000000107. The molecule has 0 radical (unpaired) electrons. The Morgan fingerprint density at radius 2 is 0.587 bits per heavy atom. The average molecular weight is 2490 g/mol. The van der Waals surface area contributed by atoms with Gasteiger partial charge < -0.3 is 83.3 Å². The number of para-hydroxylation sites is 9. The van der Waals surface area contributed by atoms with E-state index in [1.807, 2.05) is 340 Å². The van der Waals surface area contributed by atoms with Crippen molar-refractivity contribution in [2.24, 2.45) is 0 Å². The van der Waals surface area contributed by atoms with Crippen LogP contribution >= 0.6 is 0 Å². The molecule has 0 saturated heterocycles. The van der Waals surface area contributed by atoms with Crippen molar-refractivity contribution in [2.75, 3.05) is 35.8 Å². The maximum absolute atomic E-state index is 6.70. The fourth-order valence-electron chi connectivity index (χ4n) is 21.0. The number of hydrogen-bond donors (Lipinski definition) is 0. The molecule has 0 fully saturated rings. The summed E-state index contributed by atoms with van der Waals surface area (Å²) in [6.45, 7) is 5.96. The van der Waals surface area contributed by atoms with Crippen LogP contribution in [0, 0.1) is 56.4 Å². The molecule has 732 valence electrons. The molecule has 0 atom stereocenters. The first kappa shape index (κ1) is 89.5. The molecule has 0 saturated carbocycles. The normalized spacial score (nSPS) is 13.3. The van der Waals surface area contributed by atoms with E-state index in [1.165, 1.54) is 0 Å². The van der Waals surface area contributed by atoms with E-state index in [1.54, 1.807) is 18.6 Å². The summed E-state index contributed by atoms with van der Waals surface area (Å²) in [5.41, 5.74) is 22.0. The molecule has 0 spiro atoms. The predicted molar refractivity (Wildman–Crippen MR) is 569 cm³/mol. The molecule has 0 unspecified atom stereocenters. The first-order chi connectivity index (χ1) is 72.5. The Kier molecular flexibility index (Phi) is 20.7. The molecule has 3 aliphatic rings. The van der Waals surface area contributed by atoms with Crippen molar-refractivity contribution >= 4 is 232 Å². The third kappa shape index (κ3) is 14.1. The molecule has 33 rings (SSSR count). The van der Waals surface area contributed by atoms with Crippen LogP contribution in [0.5, 0.6) is 34.5 Å². The van der Waals surface area contributed by atoms with Crippen molar-refractivity contribution in [3.8, 4) is 52.0 Å². The number of imidazole rings is 6. The number of aromatic nitrogens is 12. The van der Waals surface area contributed by atoms with Crippen LogP contribution in [-0.4, -0.2) is 92.6 Å². The minimum atomic E-state index is 0. The van der Waals surface area contributed by atoms with Gasteiger partial charge in [0.25, 0.3) is 0 Å². The first-order valence-corrected chi connectivity index (χ1v) is 47.6. The monoisotopic (exact) mass is 2490 g/mol. The number of furan rings is 6. The fraction of sp³-hybridized carbons (Fsp3) is 0.0250. The van der Waals surface area contributed by atoms with E-state index >= 15 is 0 Å². The fourth-order valence-corrected chi connectivity index (χ4v) is 21.0. The molecule has 30 heteroatoms. The Hall–Kier alpha value is -18.2. The second-order valence-electron chi connectivity index (χ2n) is 36.5. The number of pyridine rings is 3. The van der Waals surface area contributed by atoms with E-state index in [0.29, 0.717) is 62.4 Å². The van der Waals surface area contributed by atoms with Crippen LogP contribution in [0.3, 0.4) is 0 Å². The molecule has 150 heavy (non-hydrogen) atoms. The van der Waals surface area contributed by atoms with Gasteiger partial charge >= 0.3 is 0 Å². The Bertz CT molecular complexity index is 10700. The van der Waals surface area contributed by atoms with Gasteiger partial charge in [-0.15, -0.1) is 108 Å². The largest absolute Gasteiger partial charge is 0.512 e. The van der Waals surface area contributed by atoms with Gasteiger partial charge in [0.2, 0.25) is 17.3 Å². The smallest absolute Gasteiger partial charge is 0.208 e. The van der Waals surface area contributed by atoms with Crippen LogP contribution in [0.1, 0.15) is 0 Å². The van der Waals surface area contributed by atoms with Crippen molar-refractivity contribution in [2.45, 2.75) is 0 Å². The van der Waals surface area contributed by atoms with Crippen molar-refractivity contribution < 1.29 is 104 Å². The van der Waals surface area contributed by atoms with Gasteiger partial charge in [0.1, 0.15) is 67.7 Å². The number of rotatable bonds is 12. The van der Waals surface area contributed by atoms with E-state index < -0.39 is 0 Å². The van der Waals surface area contributed by atoms with Gasteiger partial charge in [0, 0.05) is 154 Å². The molecule has 18 heterocycles. The number of hydrogen-bond acceptors (Lipinski definition) is 21. The maximum atomic E-state index is 6.70. The summed E-state index contributed by atoms with van der Waals surface area (Å²) in [6, 6.07) is 117. The minimum Gasteiger partial charge on any atom is -0.512 e. The summed E-state index contributed by atoms with van der Waals surface area (Å²) in [6.07, 6.45) is 17.2. The topological polar surface area (TPSA) is 231 Å². The molecular formula is C120H69N18O9Pt3-9. The van der Waals surface area contributed by atoms with E-state index in [0.717, 1.165) is 222 Å². The molecular weight excluding hydrogens is 2420 g/mol. The summed E-state index contributed by atoms with van der Waals surface area (Å²) >= 11 is 0. The molecule has 27 nitrogen and oxygen atoms in total. The predicted octanol–water partition coefficient (Wildman–Crippen LogP) is 28.1. The Morgan fingerprint density at radius 1 is 0.253 bits per heavy atom. The summed E-state index contributed by atoms with van der Waals surface area (Å²) in [7, 11) is 5.96. The summed E-state index contributed by atoms with van der Waals surface area (Å²) in [4.78, 5) is 40.9. The molecule has 0 aliphatic carbocycles. The van der Waals surface area contributed by atoms with Gasteiger partial charge in [-0.05, 0) is 213 Å². The average Bonchev–Trinajstić information content (AvgIpc) is 1.56. The zero-order valence-corrected chi connectivity index (χ0v) is 85.6. The number of anilines is 3. The Morgan fingerprint density at radius 3 is 1.00 bits per heavy atom. The Labute approximate surface area is 891 Å². The zero-order chi connectivity index (χ0) is 96.6. The standard InChI is InChI=1S/3C40H23N6O3.3Pt/c1-43-18-19-44(23-43)24-20-28-37-34(16-14-27-26-8-2-5-11-33(26)48-39(27)37)49-38(28)35(21-24)47-25-13-15-31-32(22-25)46(36-12-6-7-17-41-36)40-42-29-9-3-4-10-30(29)45(31)40;1-43-16-17-44(23-43)24-18-29-28-22-35-27(26-8-2-5-11-34(26)48-35)21-36(28)49-39(29)37(19-24)47-25-13-14-32-33(20-25)46(38-12-6-7-15-41-38)40-42-30-9-3-4-10-31(30)45(32)40;1-43-16-17-44(23-43)24-18-29-28-21-27-26-8-2-5-11-34(26)48-35(27)22-36(28)49-39(29)37(19-24)47-25-13-14-32-33(20-25)46(38-12-6-7-15-41-38)40-42-30-9-3-4-10-31(30)45(32)40;;;/h2-20,23H,1H3;2*2-18,21-23H,1H3;;;/q3*-3;;;. The van der Waals surface area contributed by atoms with Gasteiger partial charge in [-0.25, -0.2) is 29.9 Å². The number of ether oxygens (including phenoxy) is 3. The van der Waals surface area contributed by atoms with E-state index in [9.17, 15) is 0 Å². The molecule has 15 aromatic carbocycles. The molecule has 15 aromatic heterocycles. The molecule has 0 N–H and O–H groups in total. The third-order valence-electron chi connectivity index (χ3n) is 27.5. The van der Waals surface area contributed by atoms with Crippen LogP contribution in [0.25, 0.3) is 233 Å². The zero-order valence-electron chi connectivity index (χ0n) is 78.8. The van der Waals surface area contributed by atoms with Gasteiger partial charge in [-0.1, -0.05) is 125 Å². The van der Waals surface area contributed by atoms with E-state index in [4.69, 9.17) is 55.7 Å². The van der Waals surface area contributed by atoms with Crippen LogP contribution in [0.2, 0.25) is 0 Å². The van der Waals surface area contributed by atoms with Gasteiger partial charge in [0.15, 0.2) is 0 Å². The quantitative estimate of drug-likeness (QED) is 0.103. The minimum absolute atomic E-state index is 0. The van der Waals surface area contributed by atoms with Crippen molar-refractivity contribution in [3.63, 3.8) is 0 Å². The van der Waals surface area contributed by atoms with Gasteiger partial charge in [-0.2, -0.15) is 20.0 Å². The number of nitrogens with zero attached hydrogens (tertiary/aromatic N) is 18. The molecule has 3 aliphatic heterocycles. The SMILES string of the molecule is CN1C=CN(c2[c-]c(Oc3[c-]c4c(cc3)n3c5ccccc5nc3n4-c3ccccn3)c3oc4cc5c(cc4c3c2)oc2ccccc25)[CH-]1.CN1C=CN(c2[c-]c(Oc3[c-]c4c(cc3)n3c5ccccc5nc3n4-c3ccccn3)c3oc4cc5oc6ccccc6c5cc4c3c2)[CH-]1.CN1C=CN(c2[c-]c(Oc3[c-]c4c(cc3)n3c5ccccc5nc3n4-c3ccccn3)c3oc4ccc5c6ccccc6oc5c4c3c2)[CH-]1.[Pt].[Pt].[Pt]. The van der Waals surface area contributed by atoms with Crippen LogP contribution in [0.15, 0.2) is 373 Å². The number of benzene rings is 15. The van der Waals surface area contributed by atoms with Crippen molar-refractivity contribution in [1.82, 2.24) is 71.5 Å². The third-order valence-corrected chi connectivity index (χ3v) is 27.5. The summed E-state index contributed by atoms with van der Waals surface area (Å²) in [5, 5.41) is 11.6. The van der Waals surface area contributed by atoms with E-state index in [2.05, 4.69) is 137 Å². The van der Waals surface area contributed by atoms with E-state index in [-0.39, 0.29) is 63.2 Å².